The lowest BCUT2D eigenvalue weighted by Gasteiger charge is -2.01. The van der Waals surface area contributed by atoms with Gasteiger partial charge in [0.15, 0.2) is 0 Å². The van der Waals surface area contributed by atoms with Crippen molar-refractivity contribution in [2.24, 2.45) is 0 Å². The van der Waals surface area contributed by atoms with Gasteiger partial charge in [0.1, 0.15) is 11.1 Å². The number of nitrogens with zero attached hydrogens (tertiary/aromatic N) is 1. The maximum Gasteiger partial charge on any atom is 0.348 e. The molecule has 28 heavy (non-hydrogen) atoms. The molecule has 0 atom stereocenters. The molecule has 0 aliphatic heterocycles. The van der Waals surface area contributed by atoms with Crippen LogP contribution in [0.1, 0.15) is 27.9 Å². The van der Waals surface area contributed by atoms with Gasteiger partial charge in [-0.2, -0.15) is 0 Å². The Morgan fingerprint density at radius 1 is 1.29 bits per heavy atom. The largest absolute Gasteiger partial charge is 0.462 e. The summed E-state index contributed by atoms with van der Waals surface area (Å²) in [5.41, 5.74) is 2.50. The molecule has 0 saturated heterocycles. The van der Waals surface area contributed by atoms with Gasteiger partial charge in [-0.05, 0) is 37.6 Å². The number of carbonyl (C=O) groups excluding carboxylic acids is 2. The molecule has 1 aromatic carbocycles. The van der Waals surface area contributed by atoms with Gasteiger partial charge in [0.2, 0.25) is 11.8 Å². The maximum absolute atomic E-state index is 12.2. The van der Waals surface area contributed by atoms with Crippen LogP contribution >= 0.6 is 23.1 Å². The minimum absolute atomic E-state index is 0.131. The van der Waals surface area contributed by atoms with Crippen molar-refractivity contribution in [3.8, 4) is 11.5 Å². The highest BCUT2D eigenvalue weighted by molar-refractivity contribution is 7.99. The Morgan fingerprint density at radius 3 is 2.82 bits per heavy atom. The van der Waals surface area contributed by atoms with Crippen molar-refractivity contribution >= 4 is 40.0 Å². The van der Waals surface area contributed by atoms with Crippen LogP contribution in [0.25, 0.3) is 11.5 Å². The minimum Gasteiger partial charge on any atom is -0.462 e. The quantitative estimate of drug-likeness (QED) is 0.533. The number of thioether (sulfide) groups is 1. The molecule has 0 aliphatic carbocycles. The number of hydrogen-bond donors (Lipinski definition) is 1. The summed E-state index contributed by atoms with van der Waals surface area (Å²) in [7, 11) is 0. The van der Waals surface area contributed by atoms with Crippen molar-refractivity contribution in [3.05, 3.63) is 58.8 Å². The summed E-state index contributed by atoms with van der Waals surface area (Å²) in [6.07, 6.45) is 1.61. The van der Waals surface area contributed by atoms with Gasteiger partial charge in [-0.3, -0.25) is 4.79 Å². The van der Waals surface area contributed by atoms with E-state index in [-0.39, 0.29) is 17.6 Å². The van der Waals surface area contributed by atoms with Crippen LogP contribution in [0.4, 0.5) is 5.00 Å². The zero-order valence-electron chi connectivity index (χ0n) is 15.6. The summed E-state index contributed by atoms with van der Waals surface area (Å²) in [4.78, 5) is 29.0. The Morgan fingerprint density at radius 2 is 2.07 bits per heavy atom. The number of ether oxygens (including phenoxy) is 1. The van der Waals surface area contributed by atoms with Gasteiger partial charge in [-0.15, -0.1) is 23.1 Å². The Labute approximate surface area is 171 Å². The van der Waals surface area contributed by atoms with Crippen molar-refractivity contribution < 1.29 is 18.7 Å². The molecule has 6 nitrogen and oxygen atoms in total. The molecule has 0 radical (unpaired) electrons. The minimum atomic E-state index is -0.361. The Hall–Kier alpha value is -2.58. The summed E-state index contributed by atoms with van der Waals surface area (Å²) in [5, 5.41) is 3.46. The number of rotatable bonds is 8. The zero-order chi connectivity index (χ0) is 19.9. The van der Waals surface area contributed by atoms with E-state index in [4.69, 9.17) is 9.15 Å². The van der Waals surface area contributed by atoms with E-state index in [0.29, 0.717) is 28.1 Å². The van der Waals surface area contributed by atoms with Gasteiger partial charge in [-0.1, -0.05) is 18.2 Å². The predicted molar refractivity (Wildman–Crippen MR) is 112 cm³/mol. The third kappa shape index (κ3) is 5.24. The third-order valence-corrected chi connectivity index (χ3v) is 5.80. The Bertz CT molecular complexity index is 950. The average molecular weight is 417 g/mol. The van der Waals surface area contributed by atoms with Crippen molar-refractivity contribution in [2.75, 3.05) is 17.7 Å². The molecule has 0 spiro atoms. The van der Waals surface area contributed by atoms with Crippen molar-refractivity contribution in [3.63, 3.8) is 0 Å². The molecule has 0 saturated carbocycles. The predicted octanol–water partition coefficient (Wildman–Crippen LogP) is 4.76. The average Bonchev–Trinajstić information content (AvgIpc) is 3.29. The first-order valence-electron chi connectivity index (χ1n) is 8.71. The molecule has 1 amide bonds. The standard InChI is InChI=1S/C20H20N2O4S2/c1-3-25-20(24)18-13(2)9-17(28-18)22-16(23)12-27-11-15-10-26-19(21-15)14-7-5-4-6-8-14/h4-10H,3,11-12H2,1-2H3,(H,22,23). The molecule has 2 aromatic heterocycles. The summed E-state index contributed by atoms with van der Waals surface area (Å²) >= 11 is 2.67. The van der Waals surface area contributed by atoms with E-state index < -0.39 is 0 Å². The summed E-state index contributed by atoms with van der Waals surface area (Å²) < 4.78 is 10.5. The SMILES string of the molecule is CCOC(=O)c1sc(NC(=O)CSCc2coc(-c3ccccc3)n2)cc1C. The molecule has 146 valence electrons. The van der Waals surface area contributed by atoms with Gasteiger partial charge in [0.25, 0.3) is 0 Å². The van der Waals surface area contributed by atoms with Gasteiger partial charge in [0, 0.05) is 11.3 Å². The van der Waals surface area contributed by atoms with Crippen LogP contribution in [-0.2, 0) is 15.3 Å². The van der Waals surface area contributed by atoms with Crippen LogP contribution in [0.15, 0.2) is 47.1 Å². The number of carbonyl (C=O) groups is 2. The molecule has 2 heterocycles. The maximum atomic E-state index is 12.2. The monoisotopic (exact) mass is 416 g/mol. The number of thiophene rings is 1. The van der Waals surface area contributed by atoms with Gasteiger partial charge >= 0.3 is 5.97 Å². The van der Waals surface area contributed by atoms with Crippen LogP contribution in [0, 0.1) is 6.92 Å². The number of nitrogens with one attached hydrogen (secondary N) is 1. The fourth-order valence-electron chi connectivity index (χ4n) is 2.45. The van der Waals surface area contributed by atoms with E-state index in [1.165, 1.54) is 23.1 Å². The molecule has 0 bridgehead atoms. The van der Waals surface area contributed by atoms with Gasteiger partial charge in [0.05, 0.1) is 23.1 Å². The number of aryl methyl sites for hydroxylation is 1. The second-order valence-corrected chi connectivity index (χ2v) is 7.93. The smallest absolute Gasteiger partial charge is 0.348 e. The van der Waals surface area contributed by atoms with Gasteiger partial charge in [-0.25, -0.2) is 9.78 Å². The number of benzene rings is 1. The Balaban J connectivity index is 1.48. The third-order valence-electron chi connectivity index (χ3n) is 3.70. The number of anilines is 1. The molecule has 1 N–H and O–H groups in total. The lowest BCUT2D eigenvalue weighted by molar-refractivity contribution is -0.113. The number of hydrogen-bond acceptors (Lipinski definition) is 7. The number of oxazole rings is 1. The molecule has 3 rings (SSSR count). The van der Waals surface area contributed by atoms with Crippen LogP contribution in [0.3, 0.4) is 0 Å². The fraction of sp³-hybridized carbons (Fsp3) is 0.250. The molecule has 8 heteroatoms. The number of amides is 1. The van der Waals surface area contributed by atoms with Crippen LogP contribution in [0.2, 0.25) is 0 Å². The van der Waals surface area contributed by atoms with E-state index >= 15 is 0 Å². The number of esters is 1. The van der Waals surface area contributed by atoms with E-state index in [2.05, 4.69) is 10.3 Å². The second-order valence-electron chi connectivity index (χ2n) is 5.89. The first-order chi connectivity index (χ1) is 13.6. The van der Waals surface area contributed by atoms with Crippen molar-refractivity contribution in [1.82, 2.24) is 4.98 Å². The highest BCUT2D eigenvalue weighted by Crippen LogP contribution is 2.27. The van der Waals surface area contributed by atoms with Gasteiger partial charge < -0.3 is 14.5 Å². The lowest BCUT2D eigenvalue weighted by Crippen LogP contribution is -2.13. The topological polar surface area (TPSA) is 81.4 Å². The first-order valence-corrected chi connectivity index (χ1v) is 10.7. The van der Waals surface area contributed by atoms with E-state index in [1.54, 1.807) is 19.3 Å². The molecule has 0 unspecified atom stereocenters. The van der Waals surface area contributed by atoms with Crippen LogP contribution in [0.5, 0.6) is 0 Å². The van der Waals surface area contributed by atoms with E-state index in [1.807, 2.05) is 37.3 Å². The molecule has 3 aromatic rings. The summed E-state index contributed by atoms with van der Waals surface area (Å²) in [5.74, 6) is 0.926. The molecule has 0 fully saturated rings. The van der Waals surface area contributed by atoms with E-state index in [9.17, 15) is 9.59 Å². The first kappa shape index (κ1) is 20.2. The van der Waals surface area contributed by atoms with Crippen LogP contribution in [-0.4, -0.2) is 29.2 Å². The number of aromatic nitrogens is 1. The molecular formula is C20H20N2O4S2. The van der Waals surface area contributed by atoms with E-state index in [0.717, 1.165) is 16.8 Å². The Kier molecular flexibility index (Phi) is 6.89. The summed E-state index contributed by atoms with van der Waals surface area (Å²) in [6, 6.07) is 11.4. The molecule has 0 aliphatic rings. The zero-order valence-corrected chi connectivity index (χ0v) is 17.2. The normalized spacial score (nSPS) is 10.6. The fourth-order valence-corrected chi connectivity index (χ4v) is 4.14. The second kappa shape index (κ2) is 9.57. The highest BCUT2D eigenvalue weighted by Gasteiger charge is 2.16. The lowest BCUT2D eigenvalue weighted by atomic mass is 10.2. The molecular weight excluding hydrogens is 396 g/mol. The highest BCUT2D eigenvalue weighted by atomic mass is 32.2. The van der Waals surface area contributed by atoms with Crippen molar-refractivity contribution in [1.29, 1.82) is 0 Å². The van der Waals surface area contributed by atoms with Crippen LogP contribution < -0.4 is 5.32 Å². The summed E-state index contributed by atoms with van der Waals surface area (Å²) in [6.45, 7) is 3.91. The van der Waals surface area contributed by atoms with Crippen molar-refractivity contribution in [2.45, 2.75) is 19.6 Å².